The van der Waals surface area contributed by atoms with Crippen LogP contribution < -0.4 is 4.90 Å². The van der Waals surface area contributed by atoms with Crippen molar-refractivity contribution in [2.24, 2.45) is 0 Å². The van der Waals surface area contributed by atoms with E-state index >= 15 is 0 Å². The highest BCUT2D eigenvalue weighted by molar-refractivity contribution is 6.16. The van der Waals surface area contributed by atoms with Crippen LogP contribution in [0.3, 0.4) is 0 Å². The molecular formula is C59H42N2. The Morgan fingerprint density at radius 2 is 0.934 bits per heavy atom. The number of hydrogen-bond donors (Lipinski definition) is 0. The highest BCUT2D eigenvalue weighted by atomic mass is 15.2. The van der Waals surface area contributed by atoms with E-state index in [0.29, 0.717) is 0 Å². The van der Waals surface area contributed by atoms with E-state index < -0.39 is 0 Å². The lowest BCUT2D eigenvalue weighted by molar-refractivity contribution is 0.660. The van der Waals surface area contributed by atoms with E-state index in [9.17, 15) is 0 Å². The Balaban J connectivity index is 1.22. The number of anilines is 3. The van der Waals surface area contributed by atoms with E-state index in [4.69, 9.17) is 0 Å². The molecule has 288 valence electrons. The van der Waals surface area contributed by atoms with E-state index in [1.165, 1.54) is 87.9 Å². The van der Waals surface area contributed by atoms with Gasteiger partial charge in [-0.15, -0.1) is 0 Å². The van der Waals surface area contributed by atoms with Gasteiger partial charge in [-0.3, -0.25) is 0 Å². The van der Waals surface area contributed by atoms with Crippen molar-refractivity contribution in [1.82, 2.24) is 4.57 Å². The number of para-hydroxylation sites is 3. The lowest BCUT2D eigenvalue weighted by Crippen LogP contribution is -2.17. The summed E-state index contributed by atoms with van der Waals surface area (Å²) in [5.74, 6) is 0. The lowest BCUT2D eigenvalue weighted by atomic mass is 9.82. The molecule has 1 aliphatic carbocycles. The van der Waals surface area contributed by atoms with E-state index in [0.717, 1.165) is 22.7 Å². The van der Waals surface area contributed by atoms with Gasteiger partial charge in [-0.2, -0.15) is 0 Å². The maximum Gasteiger partial charge on any atom is 0.0782 e. The average Bonchev–Trinajstić information content (AvgIpc) is 3.77. The Bertz CT molecular complexity index is 3460. The van der Waals surface area contributed by atoms with Crippen LogP contribution in [0.15, 0.2) is 218 Å². The van der Waals surface area contributed by atoms with E-state index in [1.54, 1.807) is 0 Å². The van der Waals surface area contributed by atoms with Gasteiger partial charge in [-0.1, -0.05) is 184 Å². The van der Waals surface area contributed by atoms with Gasteiger partial charge in [0.2, 0.25) is 0 Å². The predicted octanol–water partition coefficient (Wildman–Crippen LogP) is 16.2. The number of fused-ring (bicyclic) bond motifs is 9. The van der Waals surface area contributed by atoms with Gasteiger partial charge in [0.25, 0.3) is 0 Å². The minimum absolute atomic E-state index is 0.166. The maximum absolute atomic E-state index is 2.53. The average molecular weight is 779 g/mol. The molecule has 10 aromatic carbocycles. The first-order valence-corrected chi connectivity index (χ1v) is 21.3. The minimum atomic E-state index is -0.166. The molecular weight excluding hydrogens is 737 g/mol. The van der Waals surface area contributed by atoms with E-state index in [1.807, 2.05) is 0 Å². The second-order valence-corrected chi connectivity index (χ2v) is 16.9. The number of nitrogens with zero attached hydrogens (tertiary/aromatic N) is 2. The fourth-order valence-electron chi connectivity index (χ4n) is 10.3. The molecule has 11 aromatic rings. The van der Waals surface area contributed by atoms with Gasteiger partial charge >= 0.3 is 0 Å². The molecule has 0 spiro atoms. The Hall–Kier alpha value is -7.68. The van der Waals surface area contributed by atoms with Crippen molar-refractivity contribution in [3.8, 4) is 39.1 Å². The van der Waals surface area contributed by atoms with Gasteiger partial charge in [-0.25, -0.2) is 0 Å². The van der Waals surface area contributed by atoms with Crippen molar-refractivity contribution in [3.63, 3.8) is 0 Å². The van der Waals surface area contributed by atoms with Crippen molar-refractivity contribution in [2.45, 2.75) is 19.3 Å². The molecule has 1 heterocycles. The summed E-state index contributed by atoms with van der Waals surface area (Å²) in [6.45, 7) is 4.74. The SMILES string of the molecule is CC1(C)c2ccccc2-c2ccc(N(c3cccc(-c4ccccc4)c3)c3cccc(-c4cc5ccccc5c5ccccc45)c3-n3c4ccccc4c4ccccc43)cc21. The van der Waals surface area contributed by atoms with Gasteiger partial charge in [0.1, 0.15) is 0 Å². The van der Waals surface area contributed by atoms with E-state index in [-0.39, 0.29) is 5.41 Å². The van der Waals surface area contributed by atoms with Crippen molar-refractivity contribution < 1.29 is 0 Å². The summed E-state index contributed by atoms with van der Waals surface area (Å²) in [4.78, 5) is 2.51. The first kappa shape index (κ1) is 35.3. The number of hydrogen-bond acceptors (Lipinski definition) is 1. The molecule has 12 rings (SSSR count). The summed E-state index contributed by atoms with van der Waals surface area (Å²) in [5, 5.41) is 7.44. The highest BCUT2D eigenvalue weighted by Gasteiger charge is 2.36. The van der Waals surface area contributed by atoms with Crippen molar-refractivity contribution in [2.75, 3.05) is 4.90 Å². The van der Waals surface area contributed by atoms with Gasteiger partial charge in [0.05, 0.1) is 22.4 Å². The Labute approximate surface area is 356 Å². The lowest BCUT2D eigenvalue weighted by Gasteiger charge is -2.31. The van der Waals surface area contributed by atoms with Crippen LogP contribution in [-0.2, 0) is 5.41 Å². The molecule has 61 heavy (non-hydrogen) atoms. The van der Waals surface area contributed by atoms with Crippen LogP contribution in [0.25, 0.3) is 82.4 Å². The van der Waals surface area contributed by atoms with Crippen molar-refractivity contribution in [3.05, 3.63) is 230 Å². The molecule has 0 atom stereocenters. The first-order valence-electron chi connectivity index (χ1n) is 21.3. The van der Waals surface area contributed by atoms with Gasteiger partial charge < -0.3 is 9.47 Å². The summed E-state index contributed by atoms with van der Waals surface area (Å²) in [6, 6.07) is 80.7. The fourth-order valence-corrected chi connectivity index (χ4v) is 10.3. The molecule has 0 saturated heterocycles. The molecule has 0 bridgehead atoms. The van der Waals surface area contributed by atoms with Gasteiger partial charge in [0, 0.05) is 33.1 Å². The molecule has 1 aliphatic rings. The summed E-state index contributed by atoms with van der Waals surface area (Å²) in [5.41, 5.74) is 16.7. The van der Waals surface area contributed by atoms with Crippen LogP contribution in [-0.4, -0.2) is 4.57 Å². The van der Waals surface area contributed by atoms with Gasteiger partial charge in [0.15, 0.2) is 0 Å². The van der Waals surface area contributed by atoms with Crippen LogP contribution in [0.5, 0.6) is 0 Å². The molecule has 1 aromatic heterocycles. The van der Waals surface area contributed by atoms with Gasteiger partial charge in [-0.05, 0) is 109 Å². The molecule has 0 aliphatic heterocycles. The standard InChI is InChI=1S/C59H42N2/c1-59(2)53-30-13-10-26-47(53)48-35-34-43(38-54(48)59)60(42-22-16-21-40(36-42)39-18-4-3-5-19-39)57-33-17-29-51(52-37-41-20-6-7-23-44(41)45-24-8-9-25-46(45)52)58(57)61-55-31-14-11-27-49(55)50-28-12-15-32-56(50)61/h3-38H,1-2H3. The van der Waals surface area contributed by atoms with Crippen LogP contribution >= 0.6 is 0 Å². The van der Waals surface area contributed by atoms with Crippen LogP contribution in [0.2, 0.25) is 0 Å². The fraction of sp³-hybridized carbons (Fsp3) is 0.0508. The quantitative estimate of drug-likeness (QED) is 0.153. The zero-order valence-corrected chi connectivity index (χ0v) is 34.2. The normalized spacial score (nSPS) is 12.9. The zero-order valence-electron chi connectivity index (χ0n) is 34.2. The monoisotopic (exact) mass is 778 g/mol. The molecule has 0 unspecified atom stereocenters. The van der Waals surface area contributed by atoms with E-state index in [2.05, 4.69) is 242 Å². The number of aromatic nitrogens is 1. The molecule has 0 fully saturated rings. The third-order valence-corrected chi connectivity index (χ3v) is 13.2. The zero-order chi connectivity index (χ0) is 40.7. The molecule has 0 amide bonds. The second-order valence-electron chi connectivity index (χ2n) is 16.9. The first-order chi connectivity index (χ1) is 30.0. The molecule has 0 radical (unpaired) electrons. The van der Waals surface area contributed by atoms with Crippen molar-refractivity contribution in [1.29, 1.82) is 0 Å². The molecule has 2 nitrogen and oxygen atoms in total. The largest absolute Gasteiger partial charge is 0.308 e. The smallest absolute Gasteiger partial charge is 0.0782 e. The second kappa shape index (κ2) is 13.7. The Morgan fingerprint density at radius 1 is 0.361 bits per heavy atom. The Kier molecular flexibility index (Phi) is 7.92. The predicted molar refractivity (Wildman–Crippen MR) is 259 cm³/mol. The molecule has 0 saturated carbocycles. The summed E-state index contributed by atoms with van der Waals surface area (Å²) < 4.78 is 2.53. The molecule has 2 heteroatoms. The number of benzene rings is 10. The topological polar surface area (TPSA) is 8.17 Å². The number of rotatable bonds is 6. The van der Waals surface area contributed by atoms with Crippen LogP contribution in [0.4, 0.5) is 17.1 Å². The molecule has 0 N–H and O–H groups in total. The third-order valence-electron chi connectivity index (χ3n) is 13.2. The summed E-state index contributed by atoms with van der Waals surface area (Å²) >= 11 is 0. The Morgan fingerprint density at radius 3 is 1.72 bits per heavy atom. The van der Waals surface area contributed by atoms with Crippen LogP contribution in [0, 0.1) is 0 Å². The minimum Gasteiger partial charge on any atom is -0.308 e. The summed E-state index contributed by atoms with van der Waals surface area (Å²) in [7, 11) is 0. The van der Waals surface area contributed by atoms with Crippen molar-refractivity contribution >= 4 is 60.4 Å². The highest BCUT2D eigenvalue weighted by Crippen LogP contribution is 2.52. The van der Waals surface area contributed by atoms with Crippen LogP contribution in [0.1, 0.15) is 25.0 Å². The summed E-state index contributed by atoms with van der Waals surface area (Å²) in [6.07, 6.45) is 0. The third kappa shape index (κ3) is 5.42. The maximum atomic E-state index is 2.53.